The maximum absolute atomic E-state index is 12.0. The Morgan fingerprint density at radius 2 is 1.63 bits per heavy atom. The highest BCUT2D eigenvalue weighted by Crippen LogP contribution is 2.19. The van der Waals surface area contributed by atoms with Gasteiger partial charge in [0.25, 0.3) is 0 Å². The summed E-state index contributed by atoms with van der Waals surface area (Å²) in [5.41, 5.74) is 5.21. The molecule has 1 fully saturated rings. The fourth-order valence-corrected chi connectivity index (χ4v) is 2.10. The molecule has 13 heteroatoms. The number of β-amino-alcohol motifs (C(OH)–C–C–N with tert-alkyl or cyclic N) is 1. The molecule has 1 aliphatic heterocycles. The third-order valence-corrected chi connectivity index (χ3v) is 3.58. The molecule has 0 aromatic carbocycles. The Bertz CT molecular complexity index is 567. The van der Waals surface area contributed by atoms with E-state index in [2.05, 4.69) is 0 Å². The summed E-state index contributed by atoms with van der Waals surface area (Å²) in [6.45, 7) is -0.962. The van der Waals surface area contributed by atoms with Crippen molar-refractivity contribution in [1.29, 1.82) is 5.41 Å². The van der Waals surface area contributed by atoms with Crippen LogP contribution in [0.2, 0.25) is 0 Å². The molecule has 1 saturated heterocycles. The number of nitrogens with two attached hydrogens (primary N) is 1. The van der Waals surface area contributed by atoms with Crippen LogP contribution in [0.1, 0.15) is 0 Å². The summed E-state index contributed by atoms with van der Waals surface area (Å²) in [4.78, 5) is 33.4. The molecule has 0 aromatic rings. The fraction of sp³-hybridized carbons (Fsp3) is 0.571. The lowest BCUT2D eigenvalue weighted by Crippen LogP contribution is -2.65. The lowest BCUT2D eigenvalue weighted by Gasteiger charge is -2.43. The van der Waals surface area contributed by atoms with Gasteiger partial charge in [-0.15, -0.1) is 0 Å². The van der Waals surface area contributed by atoms with Crippen molar-refractivity contribution in [2.45, 2.75) is 24.4 Å². The van der Waals surface area contributed by atoms with Gasteiger partial charge in [0.15, 0.2) is 5.96 Å². The molecule has 0 saturated carbocycles. The summed E-state index contributed by atoms with van der Waals surface area (Å²) in [7, 11) is 1.44. The van der Waals surface area contributed by atoms with E-state index in [0.29, 0.717) is 12.2 Å². The zero-order chi connectivity index (χ0) is 21.3. The number of carbonyl (C=O) groups is 3. The normalized spacial score (nSPS) is 24.7. The van der Waals surface area contributed by atoms with Gasteiger partial charge in [0.2, 0.25) is 5.91 Å². The highest BCUT2D eigenvalue weighted by Gasteiger charge is 2.43. The summed E-state index contributed by atoms with van der Waals surface area (Å²) in [6, 6.07) is -0.994. The zero-order valence-electron chi connectivity index (χ0n) is 14.5. The van der Waals surface area contributed by atoms with Gasteiger partial charge in [0.1, 0.15) is 18.3 Å². The second-order valence-electron chi connectivity index (χ2n) is 5.60. The summed E-state index contributed by atoms with van der Waals surface area (Å²) >= 11 is 0. The van der Waals surface area contributed by atoms with Gasteiger partial charge in [0.05, 0.1) is 19.2 Å². The maximum atomic E-state index is 12.0. The number of piperidine rings is 1. The number of likely N-dealkylation sites (N-methyl/N-ethyl adjacent to an activating group) is 1. The molecule has 4 atom stereocenters. The predicted octanol–water partition coefficient (Wildman–Crippen LogP) is -4.19. The fourth-order valence-electron chi connectivity index (χ4n) is 2.10. The number of carboxylic acids is 2. The van der Waals surface area contributed by atoms with Crippen LogP contribution < -0.4 is 5.73 Å². The SMILES string of the molecule is CN(CC(=O)N1C[C@H](O)[C@@H](O)[C@H](O)[C@H]1CO)C(=N)N.O=C(O)/C=C\C(=O)O. The second-order valence-corrected chi connectivity index (χ2v) is 5.60. The largest absolute Gasteiger partial charge is 0.478 e. The first-order chi connectivity index (χ1) is 12.4. The van der Waals surface area contributed by atoms with E-state index in [9.17, 15) is 34.8 Å². The molecule has 0 aromatic heterocycles. The van der Waals surface area contributed by atoms with Gasteiger partial charge in [-0.25, -0.2) is 9.59 Å². The first-order valence-corrected chi connectivity index (χ1v) is 7.55. The molecule has 1 aliphatic rings. The van der Waals surface area contributed by atoms with Crippen LogP contribution in [-0.2, 0) is 14.4 Å². The lowest BCUT2D eigenvalue weighted by molar-refractivity contribution is -0.166. The Labute approximate surface area is 154 Å². The quantitative estimate of drug-likeness (QED) is 0.127. The molecule has 1 rings (SSSR count). The highest BCUT2D eigenvalue weighted by atomic mass is 16.4. The van der Waals surface area contributed by atoms with Gasteiger partial charge >= 0.3 is 11.9 Å². The van der Waals surface area contributed by atoms with Crippen LogP contribution in [0.3, 0.4) is 0 Å². The predicted molar refractivity (Wildman–Crippen MR) is 89.6 cm³/mol. The van der Waals surface area contributed by atoms with Crippen molar-refractivity contribution in [1.82, 2.24) is 9.80 Å². The van der Waals surface area contributed by atoms with Crippen LogP contribution >= 0.6 is 0 Å². The lowest BCUT2D eigenvalue weighted by atomic mass is 9.94. The number of aliphatic hydroxyl groups excluding tert-OH is 4. The number of rotatable bonds is 5. The molecular weight excluding hydrogens is 368 g/mol. The van der Waals surface area contributed by atoms with E-state index in [0.717, 1.165) is 4.90 Å². The Kier molecular flexibility index (Phi) is 9.95. The van der Waals surface area contributed by atoms with E-state index < -0.39 is 48.8 Å². The van der Waals surface area contributed by atoms with Gasteiger partial charge in [-0.3, -0.25) is 10.2 Å². The van der Waals surface area contributed by atoms with Crippen LogP contribution in [0.5, 0.6) is 0 Å². The molecule has 0 spiro atoms. The number of likely N-dealkylation sites (tertiary alicyclic amines) is 1. The molecule has 1 heterocycles. The number of nitrogens with one attached hydrogen (secondary N) is 1. The molecule has 13 nitrogen and oxygen atoms in total. The van der Waals surface area contributed by atoms with Crippen molar-refractivity contribution in [3.05, 3.63) is 12.2 Å². The van der Waals surface area contributed by atoms with Gasteiger partial charge < -0.3 is 46.2 Å². The van der Waals surface area contributed by atoms with Crippen molar-refractivity contribution in [2.75, 3.05) is 26.7 Å². The summed E-state index contributed by atoms with van der Waals surface area (Å²) in [5.74, 6) is -3.33. The average Bonchev–Trinajstić information content (AvgIpc) is 2.57. The zero-order valence-corrected chi connectivity index (χ0v) is 14.5. The van der Waals surface area contributed by atoms with Crippen molar-refractivity contribution in [3.63, 3.8) is 0 Å². The minimum Gasteiger partial charge on any atom is -0.478 e. The van der Waals surface area contributed by atoms with E-state index in [1.165, 1.54) is 11.9 Å². The van der Waals surface area contributed by atoms with Crippen molar-refractivity contribution >= 4 is 23.8 Å². The number of hydrogen-bond acceptors (Lipinski definition) is 8. The van der Waals surface area contributed by atoms with Crippen LogP contribution in [0.4, 0.5) is 0 Å². The maximum Gasteiger partial charge on any atom is 0.328 e. The molecule has 0 aliphatic carbocycles. The van der Waals surface area contributed by atoms with Crippen molar-refractivity contribution < 1.29 is 45.0 Å². The first-order valence-electron chi connectivity index (χ1n) is 7.55. The summed E-state index contributed by atoms with van der Waals surface area (Å²) in [5, 5.41) is 60.8. The number of aliphatic carboxylic acids is 2. The molecule has 0 radical (unpaired) electrons. The van der Waals surface area contributed by atoms with E-state index in [1.54, 1.807) is 0 Å². The monoisotopic (exact) mass is 392 g/mol. The molecule has 9 N–H and O–H groups in total. The number of carboxylic acid groups (broad SMARTS) is 2. The number of nitrogens with zero attached hydrogens (tertiary/aromatic N) is 2. The minimum absolute atomic E-state index is 0.200. The molecule has 27 heavy (non-hydrogen) atoms. The standard InChI is InChI=1S/C10H20N4O5.C4H4O4/c1-13(10(11)12)3-7(17)14-2-6(16)9(19)8(18)5(14)4-15;5-3(6)1-2-4(7)8/h5-6,8-9,15-16,18-19H,2-4H2,1H3,(H3,11,12);1-2H,(H,5,6)(H,7,8)/b;2-1-/t5-,6+,8-,9-;/m1./s1. The summed E-state index contributed by atoms with van der Waals surface area (Å²) in [6.07, 6.45) is -3.01. The molecule has 0 unspecified atom stereocenters. The van der Waals surface area contributed by atoms with Gasteiger partial charge in [-0.1, -0.05) is 0 Å². The second kappa shape index (κ2) is 11.1. The average molecular weight is 392 g/mol. The van der Waals surface area contributed by atoms with E-state index in [-0.39, 0.29) is 19.0 Å². The van der Waals surface area contributed by atoms with Crippen LogP contribution in [-0.4, -0.2) is 115 Å². The van der Waals surface area contributed by atoms with Gasteiger partial charge in [-0.05, 0) is 0 Å². The van der Waals surface area contributed by atoms with E-state index in [1.807, 2.05) is 0 Å². The molecular formula is C14H24N4O9. The first kappa shape index (κ1) is 24.3. The third-order valence-electron chi connectivity index (χ3n) is 3.58. The molecule has 0 bridgehead atoms. The van der Waals surface area contributed by atoms with Gasteiger partial charge in [-0.2, -0.15) is 0 Å². The van der Waals surface area contributed by atoms with E-state index in [4.69, 9.17) is 21.4 Å². The third kappa shape index (κ3) is 8.00. The molecule has 1 amide bonds. The van der Waals surface area contributed by atoms with Crippen molar-refractivity contribution in [2.24, 2.45) is 5.73 Å². The Balaban J connectivity index is 0.000000713. The number of hydrogen-bond donors (Lipinski definition) is 8. The van der Waals surface area contributed by atoms with Crippen LogP contribution in [0.15, 0.2) is 12.2 Å². The Hall–Kier alpha value is -2.74. The van der Waals surface area contributed by atoms with Gasteiger partial charge in [0, 0.05) is 25.7 Å². The highest BCUT2D eigenvalue weighted by molar-refractivity contribution is 5.89. The number of aliphatic hydroxyl groups is 4. The minimum atomic E-state index is -1.43. The van der Waals surface area contributed by atoms with Crippen LogP contribution in [0, 0.1) is 5.41 Å². The van der Waals surface area contributed by atoms with Crippen LogP contribution in [0.25, 0.3) is 0 Å². The van der Waals surface area contributed by atoms with E-state index >= 15 is 0 Å². The number of amides is 1. The van der Waals surface area contributed by atoms with Crippen molar-refractivity contribution in [3.8, 4) is 0 Å². The smallest absolute Gasteiger partial charge is 0.328 e. The summed E-state index contributed by atoms with van der Waals surface area (Å²) < 4.78 is 0. The Morgan fingerprint density at radius 1 is 1.15 bits per heavy atom. The topological polar surface area (TPSA) is 229 Å². The number of carbonyl (C=O) groups excluding carboxylic acids is 1. The Morgan fingerprint density at radius 3 is 2.00 bits per heavy atom. The molecule has 154 valence electrons. The number of guanidine groups is 1.